The summed E-state index contributed by atoms with van der Waals surface area (Å²) < 4.78 is 5.28. The lowest BCUT2D eigenvalue weighted by molar-refractivity contribution is -0.143. The zero-order chi connectivity index (χ0) is 24.6. The van der Waals surface area contributed by atoms with Crippen molar-refractivity contribution in [3.8, 4) is 5.75 Å². The van der Waals surface area contributed by atoms with Gasteiger partial charge in [0.1, 0.15) is 5.75 Å². The Bertz CT molecular complexity index is 1120. The van der Waals surface area contributed by atoms with Crippen molar-refractivity contribution in [1.29, 1.82) is 0 Å². The molecule has 1 atom stereocenters. The second-order valence-corrected chi connectivity index (χ2v) is 10.0. The molecule has 1 aliphatic carbocycles. The van der Waals surface area contributed by atoms with Crippen LogP contribution in [-0.4, -0.2) is 71.8 Å². The standard InChI is InChI=1S/C28H33N3O4/c1-20-5-3-4-6-21(20)19-29-13-15-30(16-14-29)25(32)17-28(22-7-11-24(35-2)12-8-22)18-26(33)31(27(28)34)23-9-10-23/h3-8,11-12,23H,9-10,13-19H2,1-2H3/t28-/m0/s1. The van der Waals surface area contributed by atoms with E-state index in [1.165, 1.54) is 16.0 Å². The van der Waals surface area contributed by atoms with Crippen molar-refractivity contribution in [3.63, 3.8) is 0 Å². The van der Waals surface area contributed by atoms with Crippen LogP contribution in [0.2, 0.25) is 0 Å². The van der Waals surface area contributed by atoms with E-state index in [2.05, 4.69) is 30.0 Å². The molecule has 2 aromatic rings. The van der Waals surface area contributed by atoms with Gasteiger partial charge in [0.25, 0.3) is 0 Å². The fourth-order valence-electron chi connectivity index (χ4n) is 5.39. The van der Waals surface area contributed by atoms with Gasteiger partial charge in [-0.05, 0) is 48.6 Å². The van der Waals surface area contributed by atoms with E-state index in [4.69, 9.17) is 4.74 Å². The molecule has 0 bridgehead atoms. The first-order chi connectivity index (χ1) is 16.9. The zero-order valence-corrected chi connectivity index (χ0v) is 20.5. The highest BCUT2D eigenvalue weighted by Crippen LogP contribution is 2.44. The summed E-state index contributed by atoms with van der Waals surface area (Å²) in [6.07, 6.45) is 1.78. The third kappa shape index (κ3) is 4.57. The minimum absolute atomic E-state index is 0.00443. The number of nitrogens with zero attached hydrogens (tertiary/aromatic N) is 3. The maximum atomic E-state index is 13.7. The number of rotatable bonds is 7. The molecule has 5 rings (SSSR count). The predicted octanol–water partition coefficient (Wildman–Crippen LogP) is 2.90. The molecule has 0 radical (unpaired) electrons. The number of ether oxygens (including phenoxy) is 1. The summed E-state index contributed by atoms with van der Waals surface area (Å²) in [5.74, 6) is 0.233. The molecule has 3 aliphatic rings. The molecule has 1 saturated carbocycles. The number of hydrogen-bond donors (Lipinski definition) is 0. The van der Waals surface area contributed by atoms with Crippen molar-refractivity contribution in [2.24, 2.45) is 0 Å². The van der Waals surface area contributed by atoms with Gasteiger partial charge in [0, 0.05) is 51.6 Å². The van der Waals surface area contributed by atoms with Gasteiger partial charge < -0.3 is 9.64 Å². The maximum absolute atomic E-state index is 13.7. The van der Waals surface area contributed by atoms with Crippen LogP contribution in [0.5, 0.6) is 5.75 Å². The van der Waals surface area contributed by atoms with Gasteiger partial charge in [-0.3, -0.25) is 24.2 Å². The van der Waals surface area contributed by atoms with Crippen LogP contribution in [0.1, 0.15) is 42.4 Å². The first-order valence-corrected chi connectivity index (χ1v) is 12.5. The molecule has 0 aromatic heterocycles. The SMILES string of the molecule is COc1ccc([C@]2(CC(=O)N3CCN(Cc4ccccc4C)CC3)CC(=O)N(C3CC3)C2=O)cc1. The summed E-state index contributed by atoms with van der Waals surface area (Å²) in [7, 11) is 1.59. The van der Waals surface area contributed by atoms with Crippen LogP contribution in [0.25, 0.3) is 0 Å². The molecule has 7 heteroatoms. The van der Waals surface area contributed by atoms with Crippen molar-refractivity contribution < 1.29 is 19.1 Å². The van der Waals surface area contributed by atoms with Crippen LogP contribution < -0.4 is 4.74 Å². The molecule has 184 valence electrons. The molecule has 2 heterocycles. The zero-order valence-electron chi connectivity index (χ0n) is 20.5. The summed E-state index contributed by atoms with van der Waals surface area (Å²) in [6.45, 7) is 5.81. The van der Waals surface area contributed by atoms with Crippen molar-refractivity contribution in [2.75, 3.05) is 33.3 Å². The summed E-state index contributed by atoms with van der Waals surface area (Å²) >= 11 is 0. The lowest BCUT2D eigenvalue weighted by atomic mass is 9.75. The number of imide groups is 1. The summed E-state index contributed by atoms with van der Waals surface area (Å²) in [5.41, 5.74) is 2.16. The van der Waals surface area contributed by atoms with E-state index in [0.717, 1.165) is 32.5 Å². The molecule has 0 spiro atoms. The van der Waals surface area contributed by atoms with Crippen LogP contribution in [0.15, 0.2) is 48.5 Å². The number of aryl methyl sites for hydroxylation is 1. The number of methoxy groups -OCH3 is 1. The van der Waals surface area contributed by atoms with Crippen LogP contribution in [0.3, 0.4) is 0 Å². The normalized spacial score (nSPS) is 23.1. The molecule has 3 fully saturated rings. The Labute approximate surface area is 206 Å². The Hall–Kier alpha value is -3.19. The monoisotopic (exact) mass is 475 g/mol. The summed E-state index contributed by atoms with van der Waals surface area (Å²) in [6, 6.07) is 15.6. The van der Waals surface area contributed by atoms with E-state index in [0.29, 0.717) is 24.4 Å². The highest BCUT2D eigenvalue weighted by atomic mass is 16.5. The third-order valence-corrected chi connectivity index (χ3v) is 7.74. The Kier molecular flexibility index (Phi) is 6.36. The summed E-state index contributed by atoms with van der Waals surface area (Å²) in [4.78, 5) is 45.8. The van der Waals surface area contributed by atoms with E-state index >= 15 is 0 Å². The quantitative estimate of drug-likeness (QED) is 0.576. The van der Waals surface area contributed by atoms with E-state index in [1.807, 2.05) is 23.1 Å². The smallest absolute Gasteiger partial charge is 0.241 e. The average molecular weight is 476 g/mol. The number of hydrogen-bond acceptors (Lipinski definition) is 5. The third-order valence-electron chi connectivity index (χ3n) is 7.74. The fourth-order valence-corrected chi connectivity index (χ4v) is 5.39. The first kappa shape index (κ1) is 23.5. The molecule has 2 aliphatic heterocycles. The topological polar surface area (TPSA) is 70.2 Å². The minimum atomic E-state index is -1.14. The molecule has 0 unspecified atom stereocenters. The highest BCUT2D eigenvalue weighted by molar-refractivity contribution is 6.11. The van der Waals surface area contributed by atoms with E-state index in [1.54, 1.807) is 19.2 Å². The number of likely N-dealkylation sites (tertiary alicyclic amines) is 1. The van der Waals surface area contributed by atoms with Gasteiger partial charge in [-0.25, -0.2) is 0 Å². The van der Waals surface area contributed by atoms with Crippen LogP contribution in [0, 0.1) is 6.92 Å². The van der Waals surface area contributed by atoms with Gasteiger partial charge in [-0.15, -0.1) is 0 Å². The van der Waals surface area contributed by atoms with Crippen molar-refractivity contribution in [2.45, 2.75) is 50.6 Å². The highest BCUT2D eigenvalue weighted by Gasteiger charge is 2.57. The molecule has 7 nitrogen and oxygen atoms in total. The van der Waals surface area contributed by atoms with Gasteiger partial charge >= 0.3 is 0 Å². The average Bonchev–Trinajstić information content (AvgIpc) is 3.67. The van der Waals surface area contributed by atoms with Gasteiger partial charge in [-0.2, -0.15) is 0 Å². The summed E-state index contributed by atoms with van der Waals surface area (Å²) in [5, 5.41) is 0. The molecule has 0 N–H and O–H groups in total. The molecular weight excluding hydrogens is 442 g/mol. The van der Waals surface area contributed by atoms with Crippen molar-refractivity contribution >= 4 is 17.7 Å². The van der Waals surface area contributed by atoms with E-state index in [-0.39, 0.29) is 36.6 Å². The fraction of sp³-hybridized carbons (Fsp3) is 0.464. The lowest BCUT2D eigenvalue weighted by Crippen LogP contribution is -2.50. The van der Waals surface area contributed by atoms with E-state index in [9.17, 15) is 14.4 Å². The number of benzene rings is 2. The number of piperazine rings is 1. The largest absolute Gasteiger partial charge is 0.497 e. The molecular formula is C28H33N3O4. The molecule has 2 saturated heterocycles. The van der Waals surface area contributed by atoms with Crippen LogP contribution in [0.4, 0.5) is 0 Å². The van der Waals surface area contributed by atoms with Crippen LogP contribution >= 0.6 is 0 Å². The van der Waals surface area contributed by atoms with E-state index < -0.39 is 5.41 Å². The molecule has 35 heavy (non-hydrogen) atoms. The van der Waals surface area contributed by atoms with Crippen molar-refractivity contribution in [1.82, 2.24) is 14.7 Å². The first-order valence-electron chi connectivity index (χ1n) is 12.5. The van der Waals surface area contributed by atoms with Gasteiger partial charge in [0.2, 0.25) is 17.7 Å². The van der Waals surface area contributed by atoms with Crippen LogP contribution in [-0.2, 0) is 26.3 Å². The van der Waals surface area contributed by atoms with Gasteiger partial charge in [0.15, 0.2) is 0 Å². The molecule has 3 amide bonds. The Morgan fingerprint density at radius 1 is 1.00 bits per heavy atom. The van der Waals surface area contributed by atoms with Gasteiger partial charge in [-0.1, -0.05) is 36.4 Å². The number of carbonyl (C=O) groups excluding carboxylic acids is 3. The Morgan fingerprint density at radius 2 is 1.69 bits per heavy atom. The Morgan fingerprint density at radius 3 is 2.31 bits per heavy atom. The second kappa shape index (κ2) is 9.46. The second-order valence-electron chi connectivity index (χ2n) is 10.0. The number of carbonyl (C=O) groups is 3. The molecule has 2 aromatic carbocycles. The van der Waals surface area contributed by atoms with Crippen molar-refractivity contribution in [3.05, 3.63) is 65.2 Å². The predicted molar refractivity (Wildman–Crippen MR) is 132 cm³/mol. The Balaban J connectivity index is 1.31. The van der Waals surface area contributed by atoms with Gasteiger partial charge in [0.05, 0.1) is 12.5 Å². The number of amides is 3. The lowest BCUT2D eigenvalue weighted by Gasteiger charge is -2.37. The maximum Gasteiger partial charge on any atom is 0.241 e. The minimum Gasteiger partial charge on any atom is -0.497 e.